The second-order valence-electron chi connectivity index (χ2n) is 11.1. The topological polar surface area (TPSA) is 130 Å². The van der Waals surface area contributed by atoms with Crippen LogP contribution in [0.25, 0.3) is 0 Å². The van der Waals surface area contributed by atoms with Crippen molar-refractivity contribution >= 4 is 23.4 Å². The van der Waals surface area contributed by atoms with Crippen molar-refractivity contribution in [1.82, 2.24) is 29.2 Å². The highest BCUT2D eigenvalue weighted by Crippen LogP contribution is 2.43. The number of anilines is 2. The van der Waals surface area contributed by atoms with Crippen molar-refractivity contribution in [1.29, 1.82) is 5.26 Å². The third kappa shape index (κ3) is 6.37. The number of nitriles is 1. The Bertz CT molecular complexity index is 1880. The number of benzene rings is 2. The first kappa shape index (κ1) is 33.9. The lowest BCUT2D eigenvalue weighted by molar-refractivity contribution is -0.138. The van der Waals surface area contributed by atoms with Gasteiger partial charge in [-0.2, -0.15) is 18.4 Å². The van der Waals surface area contributed by atoms with E-state index in [4.69, 9.17) is 4.74 Å². The van der Waals surface area contributed by atoms with E-state index in [1.807, 2.05) is 14.1 Å². The number of ether oxygens (including phenoxy) is 1. The Balaban J connectivity index is 0.00000480. The summed E-state index contributed by atoms with van der Waals surface area (Å²) in [5.74, 6) is -0.0131. The molecule has 1 atom stereocenters. The summed E-state index contributed by atoms with van der Waals surface area (Å²) in [4.78, 5) is 36.7. The minimum atomic E-state index is -4.62. The number of nitrogens with zero attached hydrogens (tertiary/aromatic N) is 7. The fourth-order valence-electron chi connectivity index (χ4n) is 5.62. The first-order valence-electron chi connectivity index (χ1n) is 13.9. The second kappa shape index (κ2) is 13.2. The number of methoxy groups -OCH3 is 1. The normalized spacial score (nSPS) is 14.7. The molecular weight excluding hydrogens is 625 g/mol. The van der Waals surface area contributed by atoms with Gasteiger partial charge in [-0.1, -0.05) is 12.1 Å². The number of hydrogen-bond donors (Lipinski definition) is 1. The number of nitrogens with one attached hydrogen (secondary N) is 1. The molecule has 2 aromatic carbocycles. The number of aromatic nitrogens is 5. The molecule has 1 aliphatic rings. The van der Waals surface area contributed by atoms with Crippen LogP contribution >= 0.6 is 0 Å². The van der Waals surface area contributed by atoms with Gasteiger partial charge in [0.05, 0.1) is 56.7 Å². The molecule has 15 heteroatoms. The fraction of sp³-hybridized carbons (Fsp3) is 0.290. The molecule has 0 saturated heterocycles. The van der Waals surface area contributed by atoms with Crippen molar-refractivity contribution in [3.63, 3.8) is 0 Å². The van der Waals surface area contributed by atoms with Gasteiger partial charge in [0.2, 0.25) is 11.8 Å². The van der Waals surface area contributed by atoms with Gasteiger partial charge in [-0.15, -0.1) is 5.10 Å². The summed E-state index contributed by atoms with van der Waals surface area (Å²) in [6.45, 7) is 2.21. The highest BCUT2D eigenvalue weighted by atomic mass is 35.5. The average Bonchev–Trinajstić information content (AvgIpc) is 3.40. The van der Waals surface area contributed by atoms with Crippen LogP contribution in [0.5, 0.6) is 0 Å². The Labute approximate surface area is 268 Å². The Morgan fingerprint density at radius 1 is 1.17 bits per heavy atom. The van der Waals surface area contributed by atoms with Gasteiger partial charge in [0.25, 0.3) is 0 Å². The van der Waals surface area contributed by atoms with Crippen molar-refractivity contribution in [2.75, 3.05) is 32.6 Å². The maximum Gasteiger partial charge on any atom is 0.416 e. The first-order chi connectivity index (χ1) is 21.4. The lowest BCUT2D eigenvalue weighted by atomic mass is 9.88. The molecule has 0 aliphatic carbocycles. The summed E-state index contributed by atoms with van der Waals surface area (Å²) < 4.78 is 47.7. The molecule has 0 fully saturated rings. The summed E-state index contributed by atoms with van der Waals surface area (Å²) in [6.07, 6.45) is 1.40. The van der Waals surface area contributed by atoms with Crippen molar-refractivity contribution in [2.24, 2.45) is 0 Å². The van der Waals surface area contributed by atoms with Crippen LogP contribution in [-0.4, -0.2) is 58.5 Å². The number of H-pyrrole nitrogens is 1. The monoisotopic (exact) mass is 654 g/mol. The predicted octanol–water partition coefficient (Wildman–Crippen LogP) is 1.64. The van der Waals surface area contributed by atoms with Crippen LogP contribution in [0.3, 0.4) is 0 Å². The number of allylic oxidation sites excluding steroid dienone is 1. The third-order valence-corrected chi connectivity index (χ3v) is 7.88. The fourth-order valence-corrected chi connectivity index (χ4v) is 5.62. The number of esters is 1. The molecule has 0 saturated carbocycles. The summed E-state index contributed by atoms with van der Waals surface area (Å²) in [5.41, 5.74) is 0.365. The van der Waals surface area contributed by atoms with Gasteiger partial charge in [-0.05, 0) is 54.8 Å². The highest BCUT2D eigenvalue weighted by molar-refractivity contribution is 5.93. The van der Waals surface area contributed by atoms with E-state index in [-0.39, 0.29) is 35.3 Å². The van der Waals surface area contributed by atoms with Crippen LogP contribution in [0.2, 0.25) is 0 Å². The molecule has 11 nitrogen and oxygen atoms in total. The number of hydrogen-bond acceptors (Lipinski definition) is 8. The Morgan fingerprint density at radius 3 is 2.59 bits per heavy atom. The number of aromatic amines is 1. The Kier molecular flexibility index (Phi) is 9.69. The largest absolute Gasteiger partial charge is 1.00 e. The molecular formula is C31H30ClF3N8O3. The molecule has 0 unspecified atom stereocenters. The molecule has 0 radical (unpaired) electrons. The van der Waals surface area contributed by atoms with Crippen molar-refractivity contribution in [3.05, 3.63) is 105 Å². The van der Waals surface area contributed by atoms with Gasteiger partial charge >= 0.3 is 17.8 Å². The number of fused-ring (bicyclic) bond motifs is 1. The maximum atomic E-state index is 13.6. The van der Waals surface area contributed by atoms with Gasteiger partial charge in [-0.25, -0.2) is 24.2 Å². The van der Waals surface area contributed by atoms with Crippen molar-refractivity contribution in [3.8, 4) is 6.07 Å². The van der Waals surface area contributed by atoms with Crippen LogP contribution in [0.4, 0.5) is 30.6 Å². The van der Waals surface area contributed by atoms with E-state index >= 15 is 0 Å². The van der Waals surface area contributed by atoms with E-state index in [0.29, 0.717) is 40.6 Å². The van der Waals surface area contributed by atoms with E-state index < -0.39 is 29.4 Å². The molecule has 1 aliphatic heterocycles. The predicted molar refractivity (Wildman–Crippen MR) is 159 cm³/mol. The number of quaternary nitrogens is 1. The van der Waals surface area contributed by atoms with E-state index in [9.17, 15) is 28.0 Å². The van der Waals surface area contributed by atoms with Crippen LogP contribution in [-0.2, 0) is 22.1 Å². The number of alkyl halides is 3. The summed E-state index contributed by atoms with van der Waals surface area (Å²) in [5, 5.41) is 16.2. The zero-order valence-corrected chi connectivity index (χ0v) is 26.1. The van der Waals surface area contributed by atoms with Gasteiger partial charge in [0.1, 0.15) is 12.2 Å². The molecule has 0 amide bonds. The minimum Gasteiger partial charge on any atom is -1.00 e. The number of rotatable bonds is 8. The standard InChI is InChI=1S/C31H29F3N8O3.ClH/c1-19-26(28(43)45-4)27(41-29(38-39-30(41)44)40(19)23-9-5-8-22(16-23)31(32,33)34)24-11-10-20(17-35)15-21(24)7-6-14-42(2,3)25-18-36-12-13-37-25;/h5,8-13,15-16,18,27H,6-7,14H2,1-4H3;1H/t27-;/m1./s1. The Hall–Kier alpha value is -5.00. The first-order valence-corrected chi connectivity index (χ1v) is 13.9. The van der Waals surface area contributed by atoms with E-state index in [1.54, 1.807) is 43.7 Å². The van der Waals surface area contributed by atoms with Crippen LogP contribution in [0, 0.1) is 11.3 Å². The van der Waals surface area contributed by atoms with Gasteiger partial charge in [0.15, 0.2) is 0 Å². The van der Waals surface area contributed by atoms with Crippen LogP contribution in [0.1, 0.15) is 41.6 Å². The lowest BCUT2D eigenvalue weighted by Crippen LogP contribution is -3.00. The molecule has 5 rings (SSSR count). The number of aryl methyl sites for hydroxylation is 1. The zero-order chi connectivity index (χ0) is 32.5. The van der Waals surface area contributed by atoms with Gasteiger partial charge < -0.3 is 17.1 Å². The number of carbonyl (C=O) groups excluding carboxylic acids is 1. The molecule has 0 spiro atoms. The maximum absolute atomic E-state index is 13.6. The van der Waals surface area contributed by atoms with Crippen molar-refractivity contribution < 1.29 is 35.1 Å². The molecule has 46 heavy (non-hydrogen) atoms. The lowest BCUT2D eigenvalue weighted by Gasteiger charge is -2.36. The Morgan fingerprint density at radius 2 is 1.93 bits per heavy atom. The van der Waals surface area contributed by atoms with Crippen molar-refractivity contribution in [2.45, 2.75) is 32.0 Å². The van der Waals surface area contributed by atoms with Crippen LogP contribution < -0.4 is 27.5 Å². The summed E-state index contributed by atoms with van der Waals surface area (Å²) in [6, 6.07) is 10.6. The summed E-state index contributed by atoms with van der Waals surface area (Å²) >= 11 is 0. The van der Waals surface area contributed by atoms with Gasteiger partial charge in [0, 0.05) is 24.0 Å². The van der Waals surface area contributed by atoms with Crippen LogP contribution in [0.15, 0.2) is 77.1 Å². The highest BCUT2D eigenvalue weighted by Gasteiger charge is 2.41. The molecule has 0 bridgehead atoms. The SMILES string of the molecule is COC(=O)C1=C(C)N(c2cccc(C(F)(F)F)c2)c2n[nH]c(=O)n2[C@@H]1c1ccc(C#N)cc1CCC[N+](C)(C)c1cnccn1.[Cl-]. The van der Waals surface area contributed by atoms with Gasteiger partial charge in [-0.3, -0.25) is 14.4 Å². The van der Waals surface area contributed by atoms with E-state index in [1.165, 1.54) is 28.7 Å². The molecule has 3 heterocycles. The van der Waals surface area contributed by atoms with E-state index in [0.717, 1.165) is 18.0 Å². The third-order valence-electron chi connectivity index (χ3n) is 7.88. The minimum absolute atomic E-state index is 0. The molecule has 1 N–H and O–H groups in total. The smallest absolute Gasteiger partial charge is 0.416 e. The number of carbonyl (C=O) groups is 1. The zero-order valence-electron chi connectivity index (χ0n) is 25.3. The molecule has 240 valence electrons. The van der Waals surface area contributed by atoms with E-state index in [2.05, 4.69) is 26.2 Å². The quantitative estimate of drug-likeness (QED) is 0.224. The summed E-state index contributed by atoms with van der Waals surface area (Å²) in [7, 11) is 5.19. The second-order valence-corrected chi connectivity index (χ2v) is 11.1. The molecule has 4 aromatic rings. The average molecular weight is 655 g/mol. The number of halogens is 4. The molecule has 2 aromatic heterocycles.